The van der Waals surface area contributed by atoms with E-state index in [1.807, 2.05) is 12.4 Å². The van der Waals surface area contributed by atoms with Gasteiger partial charge in [0.2, 0.25) is 0 Å². The smallest absolute Gasteiger partial charge is 0.0364 e. The van der Waals surface area contributed by atoms with E-state index in [0.717, 1.165) is 24.3 Å². The fourth-order valence-electron chi connectivity index (χ4n) is 3.62. The molecule has 3 unspecified atom stereocenters. The van der Waals surface area contributed by atoms with Gasteiger partial charge in [-0.2, -0.15) is 0 Å². The van der Waals surface area contributed by atoms with Crippen molar-refractivity contribution in [2.75, 3.05) is 6.54 Å². The van der Waals surface area contributed by atoms with Crippen LogP contribution >= 0.6 is 0 Å². The molecular formula is C16H26N2. The molecule has 1 N–H and O–H groups in total. The SMILES string of the molecule is CCNC(c1cccnc1)C1CC(C)CC(C)C1. The van der Waals surface area contributed by atoms with Gasteiger partial charge in [-0.25, -0.2) is 0 Å². The summed E-state index contributed by atoms with van der Waals surface area (Å²) in [5.74, 6) is 2.47. The Morgan fingerprint density at radius 2 is 2.00 bits per heavy atom. The Balaban J connectivity index is 2.14. The molecule has 1 aromatic rings. The molecule has 2 nitrogen and oxygen atoms in total. The third-order valence-electron chi connectivity index (χ3n) is 4.15. The number of rotatable bonds is 4. The summed E-state index contributed by atoms with van der Waals surface area (Å²) >= 11 is 0. The molecule has 1 heterocycles. The van der Waals surface area contributed by atoms with Gasteiger partial charge in [0.05, 0.1) is 0 Å². The first-order valence-electron chi connectivity index (χ1n) is 7.34. The van der Waals surface area contributed by atoms with Gasteiger partial charge in [0.25, 0.3) is 0 Å². The molecule has 2 heteroatoms. The molecule has 0 saturated heterocycles. The first-order valence-corrected chi connectivity index (χ1v) is 7.34. The van der Waals surface area contributed by atoms with Gasteiger partial charge in [-0.3, -0.25) is 4.98 Å². The predicted octanol–water partition coefficient (Wildman–Crippen LogP) is 3.80. The van der Waals surface area contributed by atoms with Crippen molar-refractivity contribution in [3.63, 3.8) is 0 Å². The van der Waals surface area contributed by atoms with Gasteiger partial charge in [0.15, 0.2) is 0 Å². The normalized spacial score (nSPS) is 30.1. The van der Waals surface area contributed by atoms with Gasteiger partial charge >= 0.3 is 0 Å². The number of nitrogens with one attached hydrogen (secondary N) is 1. The molecule has 2 rings (SSSR count). The van der Waals surface area contributed by atoms with Crippen LogP contribution in [0.15, 0.2) is 24.5 Å². The monoisotopic (exact) mass is 246 g/mol. The van der Waals surface area contributed by atoms with E-state index in [0.29, 0.717) is 6.04 Å². The van der Waals surface area contributed by atoms with E-state index >= 15 is 0 Å². The van der Waals surface area contributed by atoms with Crippen molar-refractivity contribution in [1.82, 2.24) is 10.3 Å². The fraction of sp³-hybridized carbons (Fsp3) is 0.688. The number of hydrogen-bond acceptors (Lipinski definition) is 2. The Morgan fingerprint density at radius 3 is 2.56 bits per heavy atom. The Bertz CT molecular complexity index is 339. The largest absolute Gasteiger partial charge is 0.310 e. The lowest BCUT2D eigenvalue weighted by atomic mass is 9.72. The van der Waals surface area contributed by atoms with E-state index in [2.05, 4.69) is 43.2 Å². The maximum atomic E-state index is 4.28. The molecule has 1 aliphatic rings. The summed E-state index contributed by atoms with van der Waals surface area (Å²) in [5.41, 5.74) is 1.35. The minimum atomic E-state index is 0.480. The van der Waals surface area contributed by atoms with Crippen LogP contribution in [0.25, 0.3) is 0 Å². The summed E-state index contributed by atoms with van der Waals surface area (Å²) in [6, 6.07) is 4.74. The van der Waals surface area contributed by atoms with Crippen molar-refractivity contribution >= 4 is 0 Å². The van der Waals surface area contributed by atoms with Crippen LogP contribution in [-0.4, -0.2) is 11.5 Å². The van der Waals surface area contributed by atoms with Crippen LogP contribution in [0.2, 0.25) is 0 Å². The average molecular weight is 246 g/mol. The third-order valence-corrected chi connectivity index (χ3v) is 4.15. The number of aromatic nitrogens is 1. The lowest BCUT2D eigenvalue weighted by molar-refractivity contribution is 0.177. The number of hydrogen-bond donors (Lipinski definition) is 1. The van der Waals surface area contributed by atoms with Gasteiger partial charge in [-0.05, 0) is 55.2 Å². The summed E-state index contributed by atoms with van der Waals surface area (Å²) in [6.07, 6.45) is 7.96. The van der Waals surface area contributed by atoms with Crippen LogP contribution in [0.1, 0.15) is 51.6 Å². The fourth-order valence-corrected chi connectivity index (χ4v) is 3.62. The predicted molar refractivity (Wildman–Crippen MR) is 76.3 cm³/mol. The maximum absolute atomic E-state index is 4.28. The summed E-state index contributed by atoms with van der Waals surface area (Å²) in [5, 5.41) is 3.67. The molecule has 1 fully saturated rings. The van der Waals surface area contributed by atoms with Gasteiger partial charge < -0.3 is 5.32 Å². The van der Waals surface area contributed by atoms with Gasteiger partial charge in [-0.1, -0.05) is 26.8 Å². The van der Waals surface area contributed by atoms with Crippen molar-refractivity contribution in [3.8, 4) is 0 Å². The Hall–Kier alpha value is -0.890. The first kappa shape index (κ1) is 13.5. The minimum Gasteiger partial charge on any atom is -0.310 e. The lowest BCUT2D eigenvalue weighted by Crippen LogP contribution is -2.33. The van der Waals surface area contributed by atoms with Crippen LogP contribution in [0.3, 0.4) is 0 Å². The van der Waals surface area contributed by atoms with Crippen LogP contribution in [0, 0.1) is 17.8 Å². The highest BCUT2D eigenvalue weighted by molar-refractivity contribution is 5.15. The summed E-state index contributed by atoms with van der Waals surface area (Å²) in [7, 11) is 0. The van der Waals surface area contributed by atoms with Crippen molar-refractivity contribution in [2.45, 2.75) is 46.1 Å². The maximum Gasteiger partial charge on any atom is 0.0364 e. The van der Waals surface area contributed by atoms with Crippen molar-refractivity contribution in [1.29, 1.82) is 0 Å². The molecule has 0 bridgehead atoms. The number of pyridine rings is 1. The first-order chi connectivity index (χ1) is 8.70. The second-order valence-electron chi connectivity index (χ2n) is 6.00. The standard InChI is InChI=1S/C16H26N2/c1-4-18-16(14-6-5-7-17-11-14)15-9-12(2)8-13(3)10-15/h5-7,11-13,15-16,18H,4,8-10H2,1-3H3. The molecule has 1 aromatic heterocycles. The molecular weight excluding hydrogens is 220 g/mol. The van der Waals surface area contributed by atoms with Crippen molar-refractivity contribution in [3.05, 3.63) is 30.1 Å². The van der Waals surface area contributed by atoms with Gasteiger partial charge in [-0.15, -0.1) is 0 Å². The molecule has 100 valence electrons. The van der Waals surface area contributed by atoms with Crippen LogP contribution in [0.4, 0.5) is 0 Å². The molecule has 0 amide bonds. The Labute approximate surface area is 111 Å². The van der Waals surface area contributed by atoms with E-state index in [4.69, 9.17) is 0 Å². The van der Waals surface area contributed by atoms with Crippen LogP contribution in [0.5, 0.6) is 0 Å². The molecule has 0 spiro atoms. The van der Waals surface area contributed by atoms with Crippen molar-refractivity contribution < 1.29 is 0 Å². The second kappa shape index (κ2) is 6.33. The average Bonchev–Trinajstić information content (AvgIpc) is 2.36. The highest BCUT2D eigenvalue weighted by atomic mass is 14.9. The summed E-state index contributed by atoms with van der Waals surface area (Å²) < 4.78 is 0. The van der Waals surface area contributed by atoms with E-state index < -0.39 is 0 Å². The highest BCUT2D eigenvalue weighted by Crippen LogP contribution is 2.39. The lowest BCUT2D eigenvalue weighted by Gasteiger charge is -2.37. The zero-order valence-corrected chi connectivity index (χ0v) is 11.9. The topological polar surface area (TPSA) is 24.9 Å². The van der Waals surface area contributed by atoms with Crippen LogP contribution < -0.4 is 5.32 Å². The molecule has 1 saturated carbocycles. The molecule has 1 aliphatic carbocycles. The quantitative estimate of drug-likeness (QED) is 0.874. The highest BCUT2D eigenvalue weighted by Gasteiger charge is 2.30. The van der Waals surface area contributed by atoms with E-state index in [-0.39, 0.29) is 0 Å². The zero-order valence-electron chi connectivity index (χ0n) is 11.9. The second-order valence-corrected chi connectivity index (χ2v) is 6.00. The van der Waals surface area contributed by atoms with Crippen LogP contribution in [-0.2, 0) is 0 Å². The molecule has 0 radical (unpaired) electrons. The molecule has 18 heavy (non-hydrogen) atoms. The van der Waals surface area contributed by atoms with E-state index in [9.17, 15) is 0 Å². The van der Waals surface area contributed by atoms with Crippen molar-refractivity contribution in [2.24, 2.45) is 17.8 Å². The summed E-state index contributed by atoms with van der Waals surface area (Å²) in [6.45, 7) is 8.02. The molecule has 3 atom stereocenters. The van der Waals surface area contributed by atoms with Gasteiger partial charge in [0.1, 0.15) is 0 Å². The molecule has 0 aromatic carbocycles. The summed E-state index contributed by atoms with van der Waals surface area (Å²) in [4.78, 5) is 4.28. The Kier molecular flexibility index (Phi) is 4.76. The van der Waals surface area contributed by atoms with E-state index in [1.54, 1.807) is 0 Å². The Morgan fingerprint density at radius 1 is 1.28 bits per heavy atom. The zero-order chi connectivity index (χ0) is 13.0. The van der Waals surface area contributed by atoms with E-state index in [1.165, 1.54) is 24.8 Å². The third kappa shape index (κ3) is 3.32. The number of nitrogens with zero attached hydrogens (tertiary/aromatic N) is 1. The minimum absolute atomic E-state index is 0.480. The molecule has 0 aliphatic heterocycles. The van der Waals surface area contributed by atoms with Gasteiger partial charge in [0, 0.05) is 18.4 Å².